The standard InChI is InChI=1S/C10H15NO2S/c1-2-8(12)5-6-11-10(13)9-4-3-7-14-9/h3-4,7-8,12H,2,5-6H2,1H3,(H,11,13). The van der Waals surface area contributed by atoms with E-state index in [1.54, 1.807) is 6.07 Å². The van der Waals surface area contributed by atoms with E-state index in [1.165, 1.54) is 11.3 Å². The first-order valence-corrected chi connectivity index (χ1v) is 5.61. The second-order valence-corrected chi connectivity index (χ2v) is 4.03. The van der Waals surface area contributed by atoms with Crippen LogP contribution in [0.4, 0.5) is 0 Å². The lowest BCUT2D eigenvalue weighted by Crippen LogP contribution is -2.26. The topological polar surface area (TPSA) is 49.3 Å². The molecule has 0 saturated carbocycles. The van der Waals surface area contributed by atoms with Crippen LogP contribution < -0.4 is 5.32 Å². The van der Waals surface area contributed by atoms with Crippen molar-refractivity contribution in [2.45, 2.75) is 25.9 Å². The Morgan fingerprint density at radius 1 is 1.71 bits per heavy atom. The molecule has 3 nitrogen and oxygen atoms in total. The zero-order valence-electron chi connectivity index (χ0n) is 8.19. The molecule has 1 heterocycles. The van der Waals surface area contributed by atoms with Crippen LogP contribution in [0.15, 0.2) is 17.5 Å². The molecular weight excluding hydrogens is 198 g/mol. The maximum absolute atomic E-state index is 11.4. The highest BCUT2D eigenvalue weighted by Gasteiger charge is 2.06. The lowest BCUT2D eigenvalue weighted by molar-refractivity contribution is 0.0946. The fraction of sp³-hybridized carbons (Fsp3) is 0.500. The number of aliphatic hydroxyl groups is 1. The summed E-state index contributed by atoms with van der Waals surface area (Å²) in [5.74, 6) is -0.0525. The van der Waals surface area contributed by atoms with Crippen LogP contribution in [0.3, 0.4) is 0 Å². The van der Waals surface area contributed by atoms with Crippen LogP contribution in [0.25, 0.3) is 0 Å². The quantitative estimate of drug-likeness (QED) is 0.781. The van der Waals surface area contributed by atoms with E-state index in [1.807, 2.05) is 18.4 Å². The van der Waals surface area contributed by atoms with Crippen molar-refractivity contribution in [2.75, 3.05) is 6.54 Å². The first kappa shape index (κ1) is 11.2. The molecule has 0 saturated heterocycles. The monoisotopic (exact) mass is 213 g/mol. The average molecular weight is 213 g/mol. The van der Waals surface area contributed by atoms with E-state index >= 15 is 0 Å². The normalized spacial score (nSPS) is 12.4. The minimum absolute atomic E-state index is 0.0525. The van der Waals surface area contributed by atoms with Gasteiger partial charge in [0.05, 0.1) is 11.0 Å². The zero-order valence-corrected chi connectivity index (χ0v) is 9.01. The Labute approximate surface area is 87.8 Å². The van der Waals surface area contributed by atoms with Gasteiger partial charge in [-0.25, -0.2) is 0 Å². The highest BCUT2D eigenvalue weighted by Crippen LogP contribution is 2.07. The Kier molecular flexibility index (Phi) is 4.62. The van der Waals surface area contributed by atoms with Gasteiger partial charge in [-0.15, -0.1) is 11.3 Å². The van der Waals surface area contributed by atoms with Gasteiger partial charge in [0.25, 0.3) is 5.91 Å². The van der Waals surface area contributed by atoms with Crippen LogP contribution >= 0.6 is 11.3 Å². The number of aliphatic hydroxyl groups excluding tert-OH is 1. The average Bonchev–Trinajstić information content (AvgIpc) is 2.70. The number of hydrogen-bond donors (Lipinski definition) is 2. The van der Waals surface area contributed by atoms with Gasteiger partial charge in [-0.2, -0.15) is 0 Å². The van der Waals surface area contributed by atoms with Gasteiger partial charge >= 0.3 is 0 Å². The van der Waals surface area contributed by atoms with Gasteiger partial charge in [0, 0.05) is 6.54 Å². The van der Waals surface area contributed by atoms with E-state index in [0.29, 0.717) is 13.0 Å². The summed E-state index contributed by atoms with van der Waals surface area (Å²) in [7, 11) is 0. The first-order valence-electron chi connectivity index (χ1n) is 4.73. The van der Waals surface area contributed by atoms with Crippen LogP contribution in [0, 0.1) is 0 Å². The third-order valence-electron chi connectivity index (χ3n) is 1.98. The molecule has 1 rings (SSSR count). The molecule has 0 fully saturated rings. The number of hydrogen-bond acceptors (Lipinski definition) is 3. The Bertz CT molecular complexity index is 272. The van der Waals surface area contributed by atoms with Crippen LogP contribution in [-0.2, 0) is 0 Å². The minimum atomic E-state index is -0.307. The Balaban J connectivity index is 2.23. The summed E-state index contributed by atoms with van der Waals surface area (Å²) in [6.45, 7) is 2.46. The molecule has 1 aromatic heterocycles. The summed E-state index contributed by atoms with van der Waals surface area (Å²) < 4.78 is 0. The molecule has 14 heavy (non-hydrogen) atoms. The lowest BCUT2D eigenvalue weighted by atomic mass is 10.2. The zero-order chi connectivity index (χ0) is 10.4. The lowest BCUT2D eigenvalue weighted by Gasteiger charge is -2.07. The molecule has 0 aliphatic rings. The molecule has 78 valence electrons. The Morgan fingerprint density at radius 3 is 3.07 bits per heavy atom. The maximum Gasteiger partial charge on any atom is 0.261 e. The van der Waals surface area contributed by atoms with Crippen LogP contribution in [0.1, 0.15) is 29.4 Å². The van der Waals surface area contributed by atoms with Crippen molar-refractivity contribution in [1.82, 2.24) is 5.32 Å². The number of amides is 1. The smallest absolute Gasteiger partial charge is 0.261 e. The van der Waals surface area contributed by atoms with Crippen molar-refractivity contribution < 1.29 is 9.90 Å². The van der Waals surface area contributed by atoms with Crippen molar-refractivity contribution in [3.63, 3.8) is 0 Å². The number of thiophene rings is 1. The fourth-order valence-corrected chi connectivity index (χ4v) is 1.69. The van der Waals surface area contributed by atoms with E-state index < -0.39 is 0 Å². The fourth-order valence-electron chi connectivity index (χ4n) is 1.05. The molecule has 1 atom stereocenters. The van der Waals surface area contributed by atoms with Crippen LogP contribution in [-0.4, -0.2) is 23.7 Å². The van der Waals surface area contributed by atoms with Crippen molar-refractivity contribution >= 4 is 17.2 Å². The van der Waals surface area contributed by atoms with Crippen LogP contribution in [0.2, 0.25) is 0 Å². The van der Waals surface area contributed by atoms with E-state index in [4.69, 9.17) is 0 Å². The van der Waals surface area contributed by atoms with Gasteiger partial charge in [0.15, 0.2) is 0 Å². The van der Waals surface area contributed by atoms with Crippen molar-refractivity contribution in [3.8, 4) is 0 Å². The summed E-state index contributed by atoms with van der Waals surface area (Å²) in [4.78, 5) is 12.1. The molecular formula is C10H15NO2S. The molecule has 1 amide bonds. The van der Waals surface area contributed by atoms with Crippen LogP contribution in [0.5, 0.6) is 0 Å². The second kappa shape index (κ2) is 5.78. The molecule has 4 heteroatoms. The van der Waals surface area contributed by atoms with E-state index in [0.717, 1.165) is 11.3 Å². The van der Waals surface area contributed by atoms with Crippen molar-refractivity contribution in [2.24, 2.45) is 0 Å². The highest BCUT2D eigenvalue weighted by molar-refractivity contribution is 7.12. The highest BCUT2D eigenvalue weighted by atomic mass is 32.1. The molecule has 1 aromatic rings. The number of carbonyl (C=O) groups excluding carboxylic acids is 1. The maximum atomic E-state index is 11.4. The number of nitrogens with one attached hydrogen (secondary N) is 1. The summed E-state index contributed by atoms with van der Waals surface area (Å²) in [5.41, 5.74) is 0. The Morgan fingerprint density at radius 2 is 2.50 bits per heavy atom. The molecule has 2 N–H and O–H groups in total. The molecule has 0 bridgehead atoms. The van der Waals surface area contributed by atoms with Crippen molar-refractivity contribution in [1.29, 1.82) is 0 Å². The molecule has 0 aromatic carbocycles. The van der Waals surface area contributed by atoms with Gasteiger partial charge in [-0.05, 0) is 24.3 Å². The van der Waals surface area contributed by atoms with Gasteiger partial charge in [-0.1, -0.05) is 13.0 Å². The van der Waals surface area contributed by atoms with Gasteiger partial charge in [-0.3, -0.25) is 4.79 Å². The Hall–Kier alpha value is -0.870. The molecule has 1 unspecified atom stereocenters. The summed E-state index contributed by atoms with van der Waals surface area (Å²) in [5, 5.41) is 13.9. The number of rotatable bonds is 5. The third-order valence-corrected chi connectivity index (χ3v) is 2.85. The van der Waals surface area contributed by atoms with E-state index in [-0.39, 0.29) is 12.0 Å². The van der Waals surface area contributed by atoms with Gasteiger partial charge < -0.3 is 10.4 Å². The van der Waals surface area contributed by atoms with E-state index in [2.05, 4.69) is 5.32 Å². The second-order valence-electron chi connectivity index (χ2n) is 3.08. The summed E-state index contributed by atoms with van der Waals surface area (Å²) >= 11 is 1.42. The third kappa shape index (κ3) is 3.47. The summed E-state index contributed by atoms with van der Waals surface area (Å²) in [6, 6.07) is 3.64. The predicted octanol–water partition coefficient (Wildman–Crippen LogP) is 1.64. The number of carbonyl (C=O) groups is 1. The van der Waals surface area contributed by atoms with Crippen molar-refractivity contribution in [3.05, 3.63) is 22.4 Å². The largest absolute Gasteiger partial charge is 0.393 e. The van der Waals surface area contributed by atoms with Gasteiger partial charge in [0.2, 0.25) is 0 Å². The molecule has 0 radical (unpaired) electrons. The molecule has 0 aliphatic heterocycles. The van der Waals surface area contributed by atoms with Gasteiger partial charge in [0.1, 0.15) is 0 Å². The minimum Gasteiger partial charge on any atom is -0.393 e. The first-order chi connectivity index (χ1) is 6.74. The SMILES string of the molecule is CCC(O)CCNC(=O)c1cccs1. The van der Waals surface area contributed by atoms with E-state index in [9.17, 15) is 9.90 Å². The predicted molar refractivity (Wildman–Crippen MR) is 57.6 cm³/mol. The summed E-state index contributed by atoms with van der Waals surface area (Å²) in [6.07, 6.45) is 1.04. The molecule has 0 spiro atoms. The molecule has 0 aliphatic carbocycles.